The Morgan fingerprint density at radius 1 is 0.537 bits per heavy atom. The Hall–Kier alpha value is -4.56. The summed E-state index contributed by atoms with van der Waals surface area (Å²) in [7, 11) is 4.47. The Bertz CT molecular complexity index is 2390. The van der Waals surface area contributed by atoms with E-state index in [1.807, 2.05) is 0 Å². The first-order chi connectivity index (χ1) is 26.6. The zero-order valence-electron chi connectivity index (χ0n) is 33.4. The van der Waals surface area contributed by atoms with Crippen LogP contribution in [0.3, 0.4) is 0 Å². The highest BCUT2D eigenvalue weighted by Gasteiger charge is 2.27. The zero-order valence-corrected chi connectivity index (χ0v) is 33.4. The molecular formula is C52H60N2. The van der Waals surface area contributed by atoms with Crippen molar-refractivity contribution in [1.29, 1.82) is 0 Å². The molecule has 0 bridgehead atoms. The molecule has 54 heavy (non-hydrogen) atoms. The number of nitrogens with zero attached hydrogens (tertiary/aromatic N) is 2. The van der Waals surface area contributed by atoms with Crippen LogP contribution < -0.4 is 10.4 Å². The number of rotatable bonds is 16. The number of fused-ring (bicyclic) bond motifs is 8. The van der Waals surface area contributed by atoms with Crippen LogP contribution in [0.4, 0.5) is 0 Å². The van der Waals surface area contributed by atoms with Crippen LogP contribution in [0.2, 0.25) is 0 Å². The number of aromatic nitrogens is 2. The monoisotopic (exact) mass is 712 g/mol. The van der Waals surface area contributed by atoms with E-state index in [4.69, 9.17) is 0 Å². The molecule has 0 N–H and O–H groups in total. The van der Waals surface area contributed by atoms with Crippen molar-refractivity contribution < 1.29 is 0 Å². The maximum Gasteiger partial charge on any atom is 0.0489 e. The summed E-state index contributed by atoms with van der Waals surface area (Å²) in [5.74, 6) is 0.387. The first-order valence-electron chi connectivity index (χ1n) is 21.4. The first-order valence-corrected chi connectivity index (χ1v) is 21.4. The lowest BCUT2D eigenvalue weighted by atomic mass is 9.79. The largest absolute Gasteiger partial charge is 0.344 e. The molecule has 0 radical (unpaired) electrons. The molecule has 0 fully saturated rings. The Balaban J connectivity index is 1.03. The third-order valence-corrected chi connectivity index (χ3v) is 12.8. The zero-order chi connectivity index (χ0) is 37.0. The van der Waals surface area contributed by atoms with Crippen molar-refractivity contribution in [3.63, 3.8) is 0 Å². The van der Waals surface area contributed by atoms with Gasteiger partial charge < -0.3 is 9.13 Å². The lowest BCUT2D eigenvalue weighted by Crippen LogP contribution is -2.33. The molecule has 0 saturated heterocycles. The molecule has 0 aliphatic heterocycles. The molecule has 2 heterocycles. The van der Waals surface area contributed by atoms with Gasteiger partial charge in [-0.05, 0) is 111 Å². The maximum atomic E-state index is 2.52. The molecule has 1 unspecified atom stereocenters. The van der Waals surface area contributed by atoms with Crippen molar-refractivity contribution in [2.75, 3.05) is 0 Å². The molecule has 0 amide bonds. The van der Waals surface area contributed by atoms with Crippen LogP contribution in [0.5, 0.6) is 0 Å². The van der Waals surface area contributed by atoms with Gasteiger partial charge in [0.15, 0.2) is 0 Å². The van der Waals surface area contributed by atoms with E-state index in [9.17, 15) is 0 Å². The molecule has 0 saturated carbocycles. The molecular weight excluding hydrogens is 653 g/mol. The molecule has 0 spiro atoms. The number of benzene rings is 4. The van der Waals surface area contributed by atoms with Gasteiger partial charge in [0.1, 0.15) is 0 Å². The normalized spacial score (nSPS) is 14.7. The van der Waals surface area contributed by atoms with Gasteiger partial charge in [0.05, 0.1) is 0 Å². The van der Waals surface area contributed by atoms with Crippen molar-refractivity contribution >= 4 is 39.4 Å². The number of allylic oxidation sites excluding steroid dienone is 1. The summed E-state index contributed by atoms with van der Waals surface area (Å²) in [5, 5.41) is 6.85. The second-order valence-electron chi connectivity index (χ2n) is 16.3. The summed E-state index contributed by atoms with van der Waals surface area (Å²) >= 11 is 0. The van der Waals surface area contributed by atoms with Gasteiger partial charge in [-0.3, -0.25) is 0 Å². The van der Waals surface area contributed by atoms with E-state index in [0.29, 0.717) is 5.92 Å². The van der Waals surface area contributed by atoms with Gasteiger partial charge in [0.2, 0.25) is 0 Å². The Kier molecular flexibility index (Phi) is 11.1. The van der Waals surface area contributed by atoms with E-state index in [-0.39, 0.29) is 0 Å². The Morgan fingerprint density at radius 2 is 1.11 bits per heavy atom. The molecule has 278 valence electrons. The van der Waals surface area contributed by atoms with Gasteiger partial charge in [-0.25, -0.2) is 0 Å². The number of hydrogen-bond acceptors (Lipinski definition) is 0. The summed E-state index contributed by atoms with van der Waals surface area (Å²) in [6, 6.07) is 33.2. The number of unbranched alkanes of at least 4 members (excludes halogenated alkanes) is 10. The topological polar surface area (TPSA) is 9.86 Å². The smallest absolute Gasteiger partial charge is 0.0489 e. The van der Waals surface area contributed by atoms with Gasteiger partial charge in [-0.2, -0.15) is 0 Å². The van der Waals surface area contributed by atoms with Gasteiger partial charge in [-0.15, -0.1) is 0 Å². The molecule has 2 aliphatic rings. The van der Waals surface area contributed by atoms with Crippen molar-refractivity contribution in [3.05, 3.63) is 124 Å². The summed E-state index contributed by atoms with van der Waals surface area (Å²) in [6.07, 6.45) is 26.9. The number of aryl methyl sites for hydroxylation is 3. The SMILES string of the molecule is CCCCCCCCc1ccc(-c2cc3c(n2C)C=CC2=c4ccc5c(ccc6c5cc(-c5ccc(CCCCCCCC)cc5)n6C)c4=CCC23)cc1. The fourth-order valence-electron chi connectivity index (χ4n) is 9.53. The van der Waals surface area contributed by atoms with Gasteiger partial charge in [0.25, 0.3) is 0 Å². The van der Waals surface area contributed by atoms with Crippen LogP contribution >= 0.6 is 0 Å². The van der Waals surface area contributed by atoms with Gasteiger partial charge >= 0.3 is 0 Å². The lowest BCUT2D eigenvalue weighted by Gasteiger charge is -2.25. The average Bonchev–Trinajstić information content (AvgIpc) is 3.73. The van der Waals surface area contributed by atoms with Crippen LogP contribution in [-0.2, 0) is 26.9 Å². The molecule has 4 aromatic carbocycles. The standard InChI is InChI=1S/C52H60N2/c1-5-7-9-11-13-15-17-37-19-23-39(24-20-37)51-35-47-45-29-27-42-41(43(45)31-33-49(47)53(51)3)28-30-46-44(42)32-34-50-48(46)36-52(54(50)4)40-25-21-38(22-26-40)18-16-14-12-10-8-6-2/h19-29,31-36,46H,5-18,30H2,1-4H3. The lowest BCUT2D eigenvalue weighted by molar-refractivity contribution is 0.607. The molecule has 2 nitrogen and oxygen atoms in total. The van der Waals surface area contributed by atoms with Crippen molar-refractivity contribution in [2.45, 2.75) is 116 Å². The minimum atomic E-state index is 0.387. The van der Waals surface area contributed by atoms with Crippen LogP contribution in [-0.4, -0.2) is 9.13 Å². The van der Waals surface area contributed by atoms with Crippen molar-refractivity contribution in [1.82, 2.24) is 9.13 Å². The van der Waals surface area contributed by atoms with Crippen LogP contribution in [0.25, 0.3) is 61.9 Å². The van der Waals surface area contributed by atoms with Crippen LogP contribution in [0, 0.1) is 0 Å². The summed E-state index contributed by atoms with van der Waals surface area (Å²) < 4.78 is 4.79. The van der Waals surface area contributed by atoms with E-state index >= 15 is 0 Å². The Morgan fingerprint density at radius 3 is 1.74 bits per heavy atom. The fourth-order valence-corrected chi connectivity index (χ4v) is 9.53. The van der Waals surface area contributed by atoms with E-state index in [2.05, 4.69) is 140 Å². The highest BCUT2D eigenvalue weighted by Crippen LogP contribution is 2.42. The summed E-state index contributed by atoms with van der Waals surface area (Å²) in [5.41, 5.74) is 13.7. The van der Waals surface area contributed by atoms with Gasteiger partial charge in [-0.1, -0.05) is 157 Å². The first kappa shape index (κ1) is 36.4. The molecule has 6 aromatic rings. The molecule has 2 heteroatoms. The molecule has 2 aromatic heterocycles. The third-order valence-electron chi connectivity index (χ3n) is 12.8. The highest BCUT2D eigenvalue weighted by atomic mass is 15.0. The summed E-state index contributed by atoms with van der Waals surface area (Å²) in [6.45, 7) is 4.58. The quantitative estimate of drug-likeness (QED) is 0.0884. The Labute approximate surface area is 323 Å². The molecule has 1 atom stereocenters. The van der Waals surface area contributed by atoms with Crippen LogP contribution in [0.1, 0.15) is 126 Å². The summed E-state index contributed by atoms with van der Waals surface area (Å²) in [4.78, 5) is 0. The van der Waals surface area contributed by atoms with E-state index in [1.165, 1.54) is 172 Å². The predicted octanol–water partition coefficient (Wildman–Crippen LogP) is 13.0. The fraction of sp³-hybridized carbons (Fsp3) is 0.385. The number of hydrogen-bond donors (Lipinski definition) is 0. The van der Waals surface area contributed by atoms with E-state index in [1.54, 1.807) is 0 Å². The minimum absolute atomic E-state index is 0.387. The second-order valence-corrected chi connectivity index (χ2v) is 16.3. The van der Waals surface area contributed by atoms with E-state index < -0.39 is 0 Å². The minimum Gasteiger partial charge on any atom is -0.344 e. The third kappa shape index (κ3) is 7.17. The maximum absolute atomic E-state index is 2.52. The second kappa shape index (κ2) is 16.4. The highest BCUT2D eigenvalue weighted by molar-refractivity contribution is 6.09. The molecule has 8 rings (SSSR count). The predicted molar refractivity (Wildman–Crippen MR) is 234 cm³/mol. The van der Waals surface area contributed by atoms with Crippen molar-refractivity contribution in [3.8, 4) is 22.5 Å². The molecule has 2 aliphatic carbocycles. The van der Waals surface area contributed by atoms with Crippen LogP contribution in [0.15, 0.2) is 91.0 Å². The van der Waals surface area contributed by atoms with Gasteiger partial charge in [0, 0.05) is 48.0 Å². The van der Waals surface area contributed by atoms with E-state index in [0.717, 1.165) is 6.42 Å². The van der Waals surface area contributed by atoms with Crippen molar-refractivity contribution in [2.24, 2.45) is 14.1 Å². The average molecular weight is 713 g/mol.